The minimum atomic E-state index is -5.10. The average molecular weight is 795 g/mol. The van der Waals surface area contributed by atoms with Crippen molar-refractivity contribution in [3.05, 3.63) is 120 Å². The number of phenols is 2. The highest BCUT2D eigenvalue weighted by Crippen LogP contribution is 2.45. The van der Waals surface area contributed by atoms with Gasteiger partial charge in [-0.3, -0.25) is 9.11 Å². The molecule has 0 atom stereocenters. The smallest absolute Gasteiger partial charge is 0.298 e. The fourth-order valence-electron chi connectivity index (χ4n) is 5.07. The SMILES string of the molecule is CC(c1ccc(O)cc1)(c1ccc(O)cc1)c1ccc(Oc2c(SOOO)cc(Oc3cc(SOOO)cc(S(=O)(=O)O)c3)cc2S(=O)(=O)O)cc1. The Balaban J connectivity index is 1.56. The predicted molar refractivity (Wildman–Crippen MR) is 182 cm³/mol. The topological polar surface area (TPSA) is 245 Å². The number of phenolic OH excluding ortho intramolecular Hbond substituents is 2. The third-order valence-electron chi connectivity index (χ3n) is 7.52. The molecule has 0 amide bonds. The second-order valence-corrected chi connectivity index (χ2v) is 15.1. The lowest BCUT2D eigenvalue weighted by Gasteiger charge is -2.32. The molecule has 20 heteroatoms. The van der Waals surface area contributed by atoms with Crippen LogP contribution in [0.5, 0.6) is 34.5 Å². The molecule has 5 rings (SSSR count). The Bertz CT molecular complexity index is 2200. The van der Waals surface area contributed by atoms with Gasteiger partial charge in [-0.2, -0.15) is 16.8 Å². The molecule has 0 aliphatic rings. The van der Waals surface area contributed by atoms with Gasteiger partial charge in [0.05, 0.1) is 33.9 Å². The van der Waals surface area contributed by atoms with Gasteiger partial charge in [-0.25, -0.2) is 10.5 Å². The number of rotatable bonds is 15. The van der Waals surface area contributed by atoms with Crippen LogP contribution in [0, 0.1) is 0 Å². The molecular formula is C32H26O16S4. The summed E-state index contributed by atoms with van der Waals surface area (Å²) in [6.45, 7) is 1.93. The van der Waals surface area contributed by atoms with Crippen LogP contribution in [0.3, 0.4) is 0 Å². The number of aromatic hydroxyl groups is 2. The maximum atomic E-state index is 12.7. The molecule has 6 N–H and O–H groups in total. The van der Waals surface area contributed by atoms with Gasteiger partial charge in [0.1, 0.15) is 33.6 Å². The van der Waals surface area contributed by atoms with E-state index in [0.717, 1.165) is 41.0 Å². The molecule has 0 saturated heterocycles. The van der Waals surface area contributed by atoms with E-state index in [2.05, 4.69) is 18.7 Å². The van der Waals surface area contributed by atoms with Gasteiger partial charge in [-0.15, -0.1) is 8.67 Å². The second kappa shape index (κ2) is 16.1. The molecule has 0 spiro atoms. The van der Waals surface area contributed by atoms with Crippen LogP contribution in [0.4, 0.5) is 0 Å². The van der Waals surface area contributed by atoms with E-state index in [1.54, 1.807) is 36.4 Å². The van der Waals surface area contributed by atoms with E-state index >= 15 is 0 Å². The highest BCUT2D eigenvalue weighted by atomic mass is 32.2. The number of ether oxygens (including phenoxy) is 2. The Morgan fingerprint density at radius 3 is 1.58 bits per heavy atom. The largest absolute Gasteiger partial charge is 0.508 e. The summed E-state index contributed by atoms with van der Waals surface area (Å²) in [5, 5.41) is 44.3. The van der Waals surface area contributed by atoms with Crippen molar-refractivity contribution in [1.82, 2.24) is 0 Å². The zero-order valence-electron chi connectivity index (χ0n) is 26.2. The molecule has 0 aliphatic heterocycles. The molecule has 0 aromatic heterocycles. The molecular weight excluding hydrogens is 769 g/mol. The first-order valence-electron chi connectivity index (χ1n) is 14.2. The first-order valence-corrected chi connectivity index (χ1v) is 18.6. The molecule has 16 nitrogen and oxygen atoms in total. The molecule has 0 bridgehead atoms. The Kier molecular flexibility index (Phi) is 12.0. The Morgan fingerprint density at radius 1 is 0.577 bits per heavy atom. The molecule has 5 aromatic carbocycles. The van der Waals surface area contributed by atoms with Gasteiger partial charge >= 0.3 is 0 Å². The van der Waals surface area contributed by atoms with E-state index in [1.165, 1.54) is 42.5 Å². The summed E-state index contributed by atoms with van der Waals surface area (Å²) in [7, 11) is -9.90. The lowest BCUT2D eigenvalue weighted by Crippen LogP contribution is -2.25. The number of hydrogen-bond acceptors (Lipinski definition) is 16. The van der Waals surface area contributed by atoms with Crippen molar-refractivity contribution in [3.63, 3.8) is 0 Å². The van der Waals surface area contributed by atoms with Crippen LogP contribution in [0.15, 0.2) is 123 Å². The molecule has 5 aromatic rings. The van der Waals surface area contributed by atoms with Crippen molar-refractivity contribution < 1.29 is 74.9 Å². The van der Waals surface area contributed by atoms with E-state index in [9.17, 15) is 36.2 Å². The molecule has 0 aliphatic carbocycles. The van der Waals surface area contributed by atoms with Gasteiger partial charge in [0, 0.05) is 28.5 Å². The van der Waals surface area contributed by atoms with Crippen molar-refractivity contribution in [3.8, 4) is 34.5 Å². The van der Waals surface area contributed by atoms with E-state index in [1.807, 2.05) is 6.92 Å². The third-order valence-corrected chi connectivity index (χ3v) is 10.4. The Hall–Kier alpha value is -4.42. The van der Waals surface area contributed by atoms with Crippen LogP contribution >= 0.6 is 24.1 Å². The summed E-state index contributed by atoms with van der Waals surface area (Å²) >= 11 is 0.579. The Labute approximate surface area is 304 Å². The molecule has 0 heterocycles. The van der Waals surface area contributed by atoms with Gasteiger partial charge in [0.25, 0.3) is 20.2 Å². The van der Waals surface area contributed by atoms with Crippen LogP contribution in [-0.4, -0.2) is 46.7 Å². The van der Waals surface area contributed by atoms with Crippen molar-refractivity contribution in [2.24, 2.45) is 0 Å². The summed E-state index contributed by atoms with van der Waals surface area (Å²) in [4.78, 5) is -1.82. The average Bonchev–Trinajstić information content (AvgIpc) is 3.10. The fraction of sp³-hybridized carbons (Fsp3) is 0.0625. The predicted octanol–water partition coefficient (Wildman–Crippen LogP) is 7.39. The van der Waals surface area contributed by atoms with E-state index < -0.39 is 41.2 Å². The molecule has 52 heavy (non-hydrogen) atoms. The van der Waals surface area contributed by atoms with Crippen LogP contribution in [-0.2, 0) is 44.4 Å². The van der Waals surface area contributed by atoms with Gasteiger partial charge < -0.3 is 19.7 Å². The normalized spacial score (nSPS) is 12.1. The van der Waals surface area contributed by atoms with Crippen molar-refractivity contribution in [1.29, 1.82) is 0 Å². The summed E-state index contributed by atoms with van der Waals surface area (Å²) in [6, 6.07) is 24.5. The van der Waals surface area contributed by atoms with Gasteiger partial charge in [-0.1, -0.05) is 46.5 Å². The van der Waals surface area contributed by atoms with Gasteiger partial charge in [0.15, 0.2) is 5.75 Å². The van der Waals surface area contributed by atoms with E-state index in [4.69, 9.17) is 20.0 Å². The lowest BCUT2D eigenvalue weighted by atomic mass is 9.71. The maximum absolute atomic E-state index is 12.7. The minimum absolute atomic E-state index is 0.0592. The summed E-state index contributed by atoms with van der Waals surface area (Å²) in [5.41, 5.74) is 1.47. The first-order chi connectivity index (χ1) is 24.6. The van der Waals surface area contributed by atoms with Crippen molar-refractivity contribution in [2.45, 2.75) is 31.9 Å². The van der Waals surface area contributed by atoms with Crippen LogP contribution in [0.2, 0.25) is 0 Å². The number of benzene rings is 5. The van der Waals surface area contributed by atoms with Crippen molar-refractivity contribution in [2.75, 3.05) is 0 Å². The minimum Gasteiger partial charge on any atom is -0.508 e. The first kappa shape index (κ1) is 38.8. The summed E-state index contributed by atoms with van der Waals surface area (Å²) < 4.78 is 89.3. The monoisotopic (exact) mass is 794 g/mol. The van der Waals surface area contributed by atoms with Crippen molar-refractivity contribution >= 4 is 44.3 Å². The zero-order valence-corrected chi connectivity index (χ0v) is 29.5. The molecule has 274 valence electrons. The zero-order chi connectivity index (χ0) is 37.7. The Morgan fingerprint density at radius 2 is 1.08 bits per heavy atom. The fourth-order valence-corrected chi connectivity index (χ4v) is 7.35. The lowest BCUT2D eigenvalue weighted by molar-refractivity contribution is -0.432. The maximum Gasteiger partial charge on any atom is 0.298 e. The van der Waals surface area contributed by atoms with E-state index in [-0.39, 0.29) is 50.6 Å². The molecule has 0 radical (unpaired) electrons. The standard InChI is InChI=1S/C32H26O16S4/c1-32(19-2-8-22(33)9-3-19,20-4-10-23(34)11-5-20)21-6-12-24(13-7-21)44-31-29(50-48-46-36)16-26(17-30(31)52(40,41)42)43-25-14-27(49-47-45-35)18-28(15-25)51(37,38)39/h2-18,33-36H,1H3,(H,37,38,39)(H,40,41,42). The van der Waals surface area contributed by atoms with E-state index in [0.29, 0.717) is 12.0 Å². The molecule has 0 fully saturated rings. The van der Waals surface area contributed by atoms with Crippen LogP contribution in [0.25, 0.3) is 0 Å². The quantitative estimate of drug-likeness (QED) is 0.0199. The summed E-state index contributed by atoms with van der Waals surface area (Å²) in [5.74, 6) is -0.948. The highest BCUT2D eigenvalue weighted by Gasteiger charge is 2.32. The molecule has 0 unspecified atom stereocenters. The number of hydrogen-bond donors (Lipinski definition) is 6. The second-order valence-electron chi connectivity index (χ2n) is 10.7. The third kappa shape index (κ3) is 9.14. The molecule has 0 saturated carbocycles. The van der Waals surface area contributed by atoms with Gasteiger partial charge in [-0.05, 0) is 72.1 Å². The summed E-state index contributed by atoms with van der Waals surface area (Å²) in [6.07, 6.45) is 0. The van der Waals surface area contributed by atoms with Crippen LogP contribution < -0.4 is 9.47 Å². The van der Waals surface area contributed by atoms with Crippen LogP contribution in [0.1, 0.15) is 23.6 Å². The highest BCUT2D eigenvalue weighted by molar-refractivity contribution is 7.95. The van der Waals surface area contributed by atoms with Gasteiger partial charge in [0.2, 0.25) is 0 Å².